The molecule has 11 rings (SSSR count). The van der Waals surface area contributed by atoms with Gasteiger partial charge in [-0.15, -0.1) is 0 Å². The van der Waals surface area contributed by atoms with Gasteiger partial charge in [0.2, 0.25) is 0 Å². The van der Waals surface area contributed by atoms with Crippen molar-refractivity contribution in [2.75, 3.05) is 0 Å². The maximum atomic E-state index is 6.84. The fourth-order valence-electron chi connectivity index (χ4n) is 8.80. The number of hydrogen-bond donors (Lipinski definition) is 0. The van der Waals surface area contributed by atoms with Crippen LogP contribution in [-0.2, 0) is 5.41 Å². The lowest BCUT2D eigenvalue weighted by atomic mass is 9.66. The van der Waals surface area contributed by atoms with Gasteiger partial charge in [-0.1, -0.05) is 188 Å². The number of nitrogens with zero attached hydrogens (tertiary/aromatic N) is 2. The molecule has 9 aromatic rings. The van der Waals surface area contributed by atoms with Crippen LogP contribution in [0.15, 0.2) is 206 Å². The zero-order chi connectivity index (χ0) is 37.1. The predicted octanol–water partition coefficient (Wildman–Crippen LogP) is 13.3. The van der Waals surface area contributed by atoms with E-state index in [1.54, 1.807) is 0 Å². The third-order valence-corrected chi connectivity index (χ3v) is 11.4. The zero-order valence-electron chi connectivity index (χ0n) is 30.4. The normalized spacial score (nSPS) is 12.9. The molecule has 262 valence electrons. The fourth-order valence-corrected chi connectivity index (χ4v) is 8.80. The van der Waals surface area contributed by atoms with Crippen LogP contribution in [0.2, 0.25) is 0 Å². The lowest BCUT2D eigenvalue weighted by Crippen LogP contribution is -2.32. The monoisotopic (exact) mass is 714 g/mol. The molecule has 2 heterocycles. The van der Waals surface area contributed by atoms with E-state index >= 15 is 0 Å². The van der Waals surface area contributed by atoms with Gasteiger partial charge >= 0.3 is 0 Å². The molecule has 2 aliphatic rings. The molecule has 3 nitrogen and oxygen atoms in total. The Kier molecular flexibility index (Phi) is 7.39. The van der Waals surface area contributed by atoms with Crippen LogP contribution in [0.25, 0.3) is 67.3 Å². The molecule has 0 fully saturated rings. The van der Waals surface area contributed by atoms with Crippen LogP contribution in [0.4, 0.5) is 0 Å². The summed E-state index contributed by atoms with van der Waals surface area (Å²) in [6, 6.07) is 73.0. The van der Waals surface area contributed by atoms with Crippen molar-refractivity contribution in [3.8, 4) is 78.8 Å². The second kappa shape index (κ2) is 12.9. The maximum absolute atomic E-state index is 6.84. The Hall–Kier alpha value is -7.36. The van der Waals surface area contributed by atoms with Gasteiger partial charge in [0, 0.05) is 27.8 Å². The highest BCUT2D eigenvalue weighted by molar-refractivity contribution is 5.89. The van der Waals surface area contributed by atoms with Crippen molar-refractivity contribution >= 4 is 0 Å². The van der Waals surface area contributed by atoms with Crippen molar-refractivity contribution < 1.29 is 4.74 Å². The highest BCUT2D eigenvalue weighted by atomic mass is 16.5. The van der Waals surface area contributed by atoms with Gasteiger partial charge in [-0.3, -0.25) is 0 Å². The highest BCUT2D eigenvalue weighted by Gasteiger charge is 2.50. The average molecular weight is 715 g/mol. The Morgan fingerprint density at radius 2 is 0.714 bits per heavy atom. The van der Waals surface area contributed by atoms with Gasteiger partial charge in [0.25, 0.3) is 0 Å². The quantitative estimate of drug-likeness (QED) is 0.178. The Bertz CT molecular complexity index is 2770. The molecule has 0 atom stereocenters. The average Bonchev–Trinajstić information content (AvgIpc) is 3.57. The van der Waals surface area contributed by atoms with E-state index in [9.17, 15) is 0 Å². The standard InChI is InChI=1S/C53H34N2O/c1-3-13-35(14-4-1)37-23-27-39(28-24-37)48-34-49(40-29-25-38(26-30-40)36-15-5-2-6-16-36)55-52(54-48)41-31-32-47-51(33-41)56-50-22-12-11-21-46(50)53(47)44-19-9-7-17-42(44)43-18-8-10-20-45(43)53/h1-34H. The summed E-state index contributed by atoms with van der Waals surface area (Å²) in [7, 11) is 0. The van der Waals surface area contributed by atoms with E-state index in [0.717, 1.165) is 61.8 Å². The van der Waals surface area contributed by atoms with E-state index in [1.807, 2.05) is 12.1 Å². The van der Waals surface area contributed by atoms with Crippen LogP contribution in [0.3, 0.4) is 0 Å². The first-order valence-corrected chi connectivity index (χ1v) is 19.1. The highest BCUT2D eigenvalue weighted by Crippen LogP contribution is 2.62. The topological polar surface area (TPSA) is 35.0 Å². The van der Waals surface area contributed by atoms with Gasteiger partial charge in [0.05, 0.1) is 16.8 Å². The van der Waals surface area contributed by atoms with Crippen molar-refractivity contribution in [3.05, 3.63) is 229 Å². The zero-order valence-corrected chi connectivity index (χ0v) is 30.4. The molecule has 0 amide bonds. The molecular formula is C53H34N2O. The minimum absolute atomic E-state index is 0.523. The van der Waals surface area contributed by atoms with Crippen LogP contribution in [0.1, 0.15) is 22.3 Å². The SMILES string of the molecule is c1ccc(-c2ccc(-c3cc(-c4ccc(-c5ccccc5)cc4)nc(-c4ccc5c(c4)Oc4ccccc4C54c5ccccc5-c5ccccc54)n3)cc2)cc1. The molecular weight excluding hydrogens is 681 g/mol. The van der Waals surface area contributed by atoms with E-state index in [0.29, 0.717) is 5.82 Å². The molecule has 0 saturated carbocycles. The first-order chi connectivity index (χ1) is 27.7. The first kappa shape index (κ1) is 32.1. The second-order valence-corrected chi connectivity index (χ2v) is 14.5. The van der Waals surface area contributed by atoms with Crippen molar-refractivity contribution in [2.24, 2.45) is 0 Å². The van der Waals surface area contributed by atoms with E-state index in [-0.39, 0.29) is 0 Å². The van der Waals surface area contributed by atoms with Gasteiger partial charge < -0.3 is 4.74 Å². The van der Waals surface area contributed by atoms with Crippen LogP contribution >= 0.6 is 0 Å². The lowest BCUT2D eigenvalue weighted by molar-refractivity contribution is 0.436. The number of ether oxygens (including phenoxy) is 1. The van der Waals surface area contributed by atoms with Crippen molar-refractivity contribution in [2.45, 2.75) is 5.41 Å². The predicted molar refractivity (Wildman–Crippen MR) is 227 cm³/mol. The van der Waals surface area contributed by atoms with E-state index in [2.05, 4.69) is 194 Å². The molecule has 0 N–H and O–H groups in total. The van der Waals surface area contributed by atoms with Crippen molar-refractivity contribution in [1.29, 1.82) is 0 Å². The summed E-state index contributed by atoms with van der Waals surface area (Å²) >= 11 is 0. The van der Waals surface area contributed by atoms with E-state index < -0.39 is 5.41 Å². The van der Waals surface area contributed by atoms with Crippen LogP contribution in [-0.4, -0.2) is 9.97 Å². The minimum atomic E-state index is -0.523. The van der Waals surface area contributed by atoms with Gasteiger partial charge in [-0.2, -0.15) is 0 Å². The first-order valence-electron chi connectivity index (χ1n) is 19.1. The largest absolute Gasteiger partial charge is 0.457 e. The summed E-state index contributed by atoms with van der Waals surface area (Å²) in [6.45, 7) is 0. The second-order valence-electron chi connectivity index (χ2n) is 14.5. The third kappa shape index (κ3) is 5.05. The number of rotatable bonds is 5. The molecule has 1 aliphatic heterocycles. The summed E-state index contributed by atoms with van der Waals surface area (Å²) in [4.78, 5) is 10.5. The molecule has 1 aliphatic carbocycles. The molecule has 3 heteroatoms. The molecule has 0 bridgehead atoms. The summed E-state index contributed by atoms with van der Waals surface area (Å²) in [5.41, 5.74) is 16.1. The molecule has 0 radical (unpaired) electrons. The molecule has 1 spiro atoms. The van der Waals surface area contributed by atoms with Crippen molar-refractivity contribution in [3.63, 3.8) is 0 Å². The Labute approximate surface area is 326 Å². The molecule has 8 aromatic carbocycles. The molecule has 1 aromatic heterocycles. The van der Waals surface area contributed by atoms with Gasteiger partial charge in [-0.05, 0) is 62.7 Å². The van der Waals surface area contributed by atoms with Gasteiger partial charge in [0.15, 0.2) is 5.82 Å². The Balaban J connectivity index is 1.07. The summed E-state index contributed by atoms with van der Waals surface area (Å²) in [6.07, 6.45) is 0. The number of fused-ring (bicyclic) bond motifs is 9. The molecule has 0 saturated heterocycles. The maximum Gasteiger partial charge on any atom is 0.160 e. The number of aromatic nitrogens is 2. The number of para-hydroxylation sites is 1. The number of hydrogen-bond acceptors (Lipinski definition) is 3. The molecule has 0 unspecified atom stereocenters. The summed E-state index contributed by atoms with van der Waals surface area (Å²) < 4.78 is 6.84. The Morgan fingerprint density at radius 1 is 0.304 bits per heavy atom. The molecule has 56 heavy (non-hydrogen) atoms. The minimum Gasteiger partial charge on any atom is -0.457 e. The summed E-state index contributed by atoms with van der Waals surface area (Å²) in [5.74, 6) is 2.31. The smallest absolute Gasteiger partial charge is 0.160 e. The van der Waals surface area contributed by atoms with Crippen LogP contribution in [0.5, 0.6) is 11.5 Å². The lowest BCUT2D eigenvalue weighted by Gasteiger charge is -2.39. The van der Waals surface area contributed by atoms with Gasteiger partial charge in [-0.25, -0.2) is 9.97 Å². The fraction of sp³-hybridized carbons (Fsp3) is 0.0189. The number of benzene rings is 8. The third-order valence-electron chi connectivity index (χ3n) is 11.4. The van der Waals surface area contributed by atoms with Crippen molar-refractivity contribution in [1.82, 2.24) is 9.97 Å². The van der Waals surface area contributed by atoms with Crippen LogP contribution in [0, 0.1) is 0 Å². The Morgan fingerprint density at radius 3 is 1.27 bits per heavy atom. The van der Waals surface area contributed by atoms with E-state index in [4.69, 9.17) is 14.7 Å². The van der Waals surface area contributed by atoms with E-state index in [1.165, 1.54) is 33.4 Å². The van der Waals surface area contributed by atoms with Crippen LogP contribution < -0.4 is 4.74 Å². The van der Waals surface area contributed by atoms with Gasteiger partial charge in [0.1, 0.15) is 11.5 Å². The summed E-state index contributed by atoms with van der Waals surface area (Å²) in [5, 5.41) is 0.